The smallest absolute Gasteiger partial charge is 0.222 e. The summed E-state index contributed by atoms with van der Waals surface area (Å²) in [6.45, 7) is 14.0. The Morgan fingerprint density at radius 3 is 2.26 bits per heavy atom. The molecule has 0 spiro atoms. The van der Waals surface area contributed by atoms with Crippen LogP contribution in [0.4, 0.5) is 5.82 Å². The average Bonchev–Trinajstić information content (AvgIpc) is 2.76. The van der Waals surface area contributed by atoms with Gasteiger partial charge in [0.1, 0.15) is 5.82 Å². The Labute approximate surface area is 187 Å². The van der Waals surface area contributed by atoms with Gasteiger partial charge in [0.25, 0.3) is 0 Å². The number of anilines is 1. The van der Waals surface area contributed by atoms with Crippen molar-refractivity contribution in [1.82, 2.24) is 14.9 Å². The maximum Gasteiger partial charge on any atom is 0.222 e. The van der Waals surface area contributed by atoms with Gasteiger partial charge in [0.2, 0.25) is 5.91 Å². The van der Waals surface area contributed by atoms with E-state index in [1.165, 1.54) is 24.0 Å². The maximum absolute atomic E-state index is 12.6. The number of piperazine rings is 1. The summed E-state index contributed by atoms with van der Waals surface area (Å²) < 4.78 is 0. The Balaban J connectivity index is 1.76. The molecule has 0 radical (unpaired) electrons. The van der Waals surface area contributed by atoms with Crippen molar-refractivity contribution >= 4 is 11.7 Å². The number of aromatic nitrogens is 2. The number of hydrogen-bond donors (Lipinski definition) is 0. The van der Waals surface area contributed by atoms with Gasteiger partial charge in [0.05, 0.1) is 0 Å². The molecule has 5 nitrogen and oxygen atoms in total. The van der Waals surface area contributed by atoms with Crippen molar-refractivity contribution in [3.8, 4) is 11.4 Å². The van der Waals surface area contributed by atoms with Gasteiger partial charge >= 0.3 is 0 Å². The van der Waals surface area contributed by atoms with Crippen LogP contribution in [0.15, 0.2) is 24.3 Å². The van der Waals surface area contributed by atoms with E-state index in [-0.39, 0.29) is 0 Å². The van der Waals surface area contributed by atoms with Crippen LogP contribution in [0.25, 0.3) is 11.4 Å². The Kier molecular flexibility index (Phi) is 8.05. The SMILES string of the molecule is CCCCCCC(=O)N1CCN(c2nc(-c3ccc(C)cc3)nc(C)c2C(C)C)CC1. The molecular formula is C26H38N4O. The molecule has 1 aromatic carbocycles. The number of carbonyl (C=O) groups excluding carboxylic acids is 1. The second-order valence-corrected chi connectivity index (χ2v) is 9.07. The van der Waals surface area contributed by atoms with Gasteiger partial charge in [-0.3, -0.25) is 4.79 Å². The molecule has 31 heavy (non-hydrogen) atoms. The summed E-state index contributed by atoms with van der Waals surface area (Å²) >= 11 is 0. The molecule has 1 saturated heterocycles. The van der Waals surface area contributed by atoms with Crippen LogP contribution in [0.3, 0.4) is 0 Å². The molecule has 2 aromatic rings. The summed E-state index contributed by atoms with van der Waals surface area (Å²) in [5, 5.41) is 0. The highest BCUT2D eigenvalue weighted by molar-refractivity contribution is 5.76. The van der Waals surface area contributed by atoms with Gasteiger partial charge in [-0.1, -0.05) is 69.9 Å². The zero-order valence-corrected chi connectivity index (χ0v) is 19.9. The topological polar surface area (TPSA) is 49.3 Å². The fourth-order valence-corrected chi connectivity index (χ4v) is 4.34. The molecule has 1 amide bonds. The van der Waals surface area contributed by atoms with Crippen molar-refractivity contribution in [2.24, 2.45) is 0 Å². The average molecular weight is 423 g/mol. The first-order chi connectivity index (χ1) is 14.9. The van der Waals surface area contributed by atoms with Crippen LogP contribution < -0.4 is 4.90 Å². The minimum Gasteiger partial charge on any atom is -0.353 e. The van der Waals surface area contributed by atoms with Gasteiger partial charge < -0.3 is 9.80 Å². The van der Waals surface area contributed by atoms with Crippen LogP contribution in [0.2, 0.25) is 0 Å². The second kappa shape index (κ2) is 10.7. The van der Waals surface area contributed by atoms with E-state index in [2.05, 4.69) is 63.8 Å². The maximum atomic E-state index is 12.6. The summed E-state index contributed by atoms with van der Waals surface area (Å²) in [5.74, 6) is 2.47. The first-order valence-electron chi connectivity index (χ1n) is 11.9. The zero-order valence-electron chi connectivity index (χ0n) is 19.9. The summed E-state index contributed by atoms with van der Waals surface area (Å²) in [6.07, 6.45) is 5.27. The number of benzene rings is 1. The van der Waals surface area contributed by atoms with Gasteiger partial charge in [0, 0.05) is 49.4 Å². The van der Waals surface area contributed by atoms with Gasteiger partial charge in [-0.25, -0.2) is 9.97 Å². The monoisotopic (exact) mass is 422 g/mol. The first-order valence-corrected chi connectivity index (χ1v) is 11.9. The Morgan fingerprint density at radius 2 is 1.65 bits per heavy atom. The van der Waals surface area contributed by atoms with Crippen molar-refractivity contribution in [2.75, 3.05) is 31.1 Å². The molecule has 168 valence electrons. The lowest BCUT2D eigenvalue weighted by Crippen LogP contribution is -2.49. The van der Waals surface area contributed by atoms with Crippen LogP contribution in [0, 0.1) is 13.8 Å². The molecule has 3 rings (SSSR count). The lowest BCUT2D eigenvalue weighted by molar-refractivity contribution is -0.131. The van der Waals surface area contributed by atoms with Crippen LogP contribution >= 0.6 is 0 Å². The number of unbranched alkanes of at least 4 members (excludes halogenated alkanes) is 3. The summed E-state index contributed by atoms with van der Waals surface area (Å²) in [5.41, 5.74) is 4.54. The number of hydrogen-bond acceptors (Lipinski definition) is 4. The van der Waals surface area contributed by atoms with Crippen molar-refractivity contribution in [3.63, 3.8) is 0 Å². The quantitative estimate of drug-likeness (QED) is 0.527. The molecule has 5 heteroatoms. The standard InChI is InChI=1S/C26H38N4O/c1-6-7-8-9-10-23(31)29-15-17-30(18-16-29)26-24(19(2)3)21(5)27-25(28-26)22-13-11-20(4)12-14-22/h11-14,19H,6-10,15-18H2,1-5H3. The molecule has 0 N–H and O–H groups in total. The molecule has 1 fully saturated rings. The van der Waals surface area contributed by atoms with Gasteiger partial charge in [0.15, 0.2) is 5.82 Å². The lowest BCUT2D eigenvalue weighted by Gasteiger charge is -2.37. The van der Waals surface area contributed by atoms with Gasteiger partial charge in [-0.15, -0.1) is 0 Å². The van der Waals surface area contributed by atoms with E-state index in [4.69, 9.17) is 9.97 Å². The predicted octanol–water partition coefficient (Wildman–Crippen LogP) is 5.50. The van der Waals surface area contributed by atoms with Gasteiger partial charge in [-0.2, -0.15) is 0 Å². The minimum atomic E-state index is 0.305. The van der Waals surface area contributed by atoms with Crippen LogP contribution in [0.5, 0.6) is 0 Å². The number of nitrogens with zero attached hydrogens (tertiary/aromatic N) is 4. The third-order valence-corrected chi connectivity index (χ3v) is 6.18. The van der Waals surface area contributed by atoms with Crippen molar-refractivity contribution in [2.45, 2.75) is 72.6 Å². The zero-order chi connectivity index (χ0) is 22.4. The molecule has 0 saturated carbocycles. The van der Waals surface area contributed by atoms with E-state index in [0.717, 1.165) is 61.9 Å². The molecule has 1 aliphatic rings. The van der Waals surface area contributed by atoms with E-state index in [0.29, 0.717) is 18.2 Å². The highest BCUT2D eigenvalue weighted by Gasteiger charge is 2.26. The lowest BCUT2D eigenvalue weighted by atomic mass is 10.0. The van der Waals surface area contributed by atoms with E-state index >= 15 is 0 Å². The highest BCUT2D eigenvalue weighted by atomic mass is 16.2. The predicted molar refractivity (Wildman–Crippen MR) is 129 cm³/mol. The molecule has 1 aromatic heterocycles. The molecular weight excluding hydrogens is 384 g/mol. The molecule has 0 aliphatic carbocycles. The van der Waals surface area contributed by atoms with E-state index in [1.54, 1.807) is 0 Å². The molecule has 2 heterocycles. The number of carbonyl (C=O) groups is 1. The van der Waals surface area contributed by atoms with Crippen molar-refractivity contribution in [1.29, 1.82) is 0 Å². The molecule has 1 aliphatic heterocycles. The third-order valence-electron chi connectivity index (χ3n) is 6.18. The summed E-state index contributed by atoms with van der Waals surface area (Å²) in [6, 6.07) is 8.40. The van der Waals surface area contributed by atoms with E-state index in [1.807, 2.05) is 4.90 Å². The molecule has 0 unspecified atom stereocenters. The Bertz CT molecular complexity index is 868. The number of rotatable bonds is 8. The van der Waals surface area contributed by atoms with Crippen LogP contribution in [0.1, 0.15) is 75.6 Å². The first kappa shape index (κ1) is 23.2. The largest absolute Gasteiger partial charge is 0.353 e. The normalized spacial score (nSPS) is 14.4. The fourth-order valence-electron chi connectivity index (χ4n) is 4.34. The van der Waals surface area contributed by atoms with Crippen molar-refractivity contribution < 1.29 is 4.79 Å². The highest BCUT2D eigenvalue weighted by Crippen LogP contribution is 2.31. The van der Waals surface area contributed by atoms with Crippen LogP contribution in [-0.4, -0.2) is 47.0 Å². The summed E-state index contributed by atoms with van der Waals surface area (Å²) in [7, 11) is 0. The fraction of sp³-hybridized carbons (Fsp3) is 0.577. The second-order valence-electron chi connectivity index (χ2n) is 9.07. The number of amides is 1. The number of aryl methyl sites for hydroxylation is 2. The Hall–Kier alpha value is -2.43. The minimum absolute atomic E-state index is 0.305. The molecule has 0 bridgehead atoms. The van der Waals surface area contributed by atoms with Gasteiger partial charge in [-0.05, 0) is 26.2 Å². The Morgan fingerprint density at radius 1 is 0.968 bits per heavy atom. The van der Waals surface area contributed by atoms with Crippen molar-refractivity contribution in [3.05, 3.63) is 41.1 Å². The molecule has 0 atom stereocenters. The van der Waals surface area contributed by atoms with E-state index in [9.17, 15) is 4.79 Å². The summed E-state index contributed by atoms with van der Waals surface area (Å²) in [4.78, 5) is 26.8. The third kappa shape index (κ3) is 5.84. The van der Waals surface area contributed by atoms with Crippen LogP contribution in [-0.2, 0) is 4.79 Å². The van der Waals surface area contributed by atoms with E-state index < -0.39 is 0 Å².